The van der Waals surface area contributed by atoms with Crippen LogP contribution in [-0.2, 0) is 28.1 Å². The second-order valence-corrected chi connectivity index (χ2v) is 10.8. The van der Waals surface area contributed by atoms with Gasteiger partial charge in [-0.15, -0.1) is 0 Å². The Morgan fingerprint density at radius 3 is 2.66 bits per heavy atom. The summed E-state index contributed by atoms with van der Waals surface area (Å²) in [5.74, 6) is -1.86. The van der Waals surface area contributed by atoms with Crippen molar-refractivity contribution in [3.05, 3.63) is 89.1 Å². The van der Waals surface area contributed by atoms with Gasteiger partial charge in [0.15, 0.2) is 0 Å². The number of carbonyl (C=O) groups is 2. The minimum absolute atomic E-state index is 0.00675. The van der Waals surface area contributed by atoms with E-state index in [1.807, 2.05) is 4.72 Å². The average molecular weight is 588 g/mol. The molecule has 1 heterocycles. The molecular weight excluding hydrogens is 542 g/mol. The molecule has 214 valence electrons. The number of fused-ring (bicyclic) bond motifs is 1. The minimum Gasteiger partial charge on any atom is -0.496 e. The predicted molar refractivity (Wildman–Crippen MR) is 157 cm³/mol. The summed E-state index contributed by atoms with van der Waals surface area (Å²) in [6, 6.07) is 12.6. The standard InChI is InChI=1S/C31H33N3O6S/c1-20-8-4-7-11-29(20)41(37,38)33-30(35)22-13-12-21(28(17-22)39-3)16-23-19-34(2)27-15-14-24(18-26(23)27)32-31(36)40-25-9-5-6-10-25/h4,7-8,11-15,17-19,25H,5-6,9-10,16H2,1-3H3,(H,32,36)(H,33,35)/i2D3,3D3,5D2,6D2,16D2. The largest absolute Gasteiger partial charge is 0.496 e. The molecule has 1 saturated carbocycles. The Kier molecular flexibility index (Phi) is 4.79. The van der Waals surface area contributed by atoms with Crippen LogP contribution >= 0.6 is 0 Å². The van der Waals surface area contributed by atoms with E-state index in [1.165, 1.54) is 43.3 Å². The molecule has 0 atom stereocenters. The maximum atomic E-state index is 13.2. The van der Waals surface area contributed by atoms with E-state index in [2.05, 4.69) is 5.32 Å². The number of aryl methyl sites for hydroxylation is 2. The number of benzene rings is 3. The van der Waals surface area contributed by atoms with Crippen LogP contribution in [-0.4, -0.2) is 38.1 Å². The first-order valence-electron chi connectivity index (χ1n) is 18.3. The zero-order valence-corrected chi connectivity index (χ0v) is 22.5. The van der Waals surface area contributed by atoms with Gasteiger partial charge >= 0.3 is 6.09 Å². The molecule has 9 nitrogen and oxygen atoms in total. The Bertz CT molecular complexity index is 2180. The van der Waals surface area contributed by atoms with Crippen LogP contribution < -0.4 is 14.8 Å². The number of aromatic nitrogens is 1. The molecule has 1 aliphatic rings. The van der Waals surface area contributed by atoms with E-state index in [1.54, 1.807) is 6.07 Å². The molecule has 41 heavy (non-hydrogen) atoms. The Labute approximate surface area is 256 Å². The third-order valence-electron chi connectivity index (χ3n) is 6.34. The fourth-order valence-corrected chi connectivity index (χ4v) is 5.55. The molecule has 0 unspecified atom stereocenters. The highest BCUT2D eigenvalue weighted by Gasteiger charge is 2.22. The third kappa shape index (κ3) is 6.22. The maximum Gasteiger partial charge on any atom is 0.411 e. The Balaban J connectivity index is 1.53. The molecule has 0 bridgehead atoms. The van der Waals surface area contributed by atoms with Crippen molar-refractivity contribution in [2.24, 2.45) is 6.98 Å². The highest BCUT2D eigenvalue weighted by molar-refractivity contribution is 7.90. The van der Waals surface area contributed by atoms with Gasteiger partial charge in [-0.3, -0.25) is 10.1 Å². The summed E-state index contributed by atoms with van der Waals surface area (Å²) in [4.78, 5) is 25.7. The van der Waals surface area contributed by atoms with E-state index in [4.69, 9.17) is 23.2 Å². The molecule has 1 fully saturated rings. The van der Waals surface area contributed by atoms with Gasteiger partial charge < -0.3 is 14.0 Å². The summed E-state index contributed by atoms with van der Waals surface area (Å²) < 4.78 is 136. The number of nitrogens with one attached hydrogen (secondary N) is 2. The van der Waals surface area contributed by atoms with E-state index in [-0.39, 0.29) is 39.9 Å². The van der Waals surface area contributed by atoms with Crippen molar-refractivity contribution in [1.29, 1.82) is 0 Å². The number of anilines is 1. The van der Waals surface area contributed by atoms with Gasteiger partial charge in [-0.25, -0.2) is 17.9 Å². The van der Waals surface area contributed by atoms with Gasteiger partial charge in [0.2, 0.25) is 0 Å². The fourth-order valence-electron chi connectivity index (χ4n) is 4.32. The number of hydrogen-bond donors (Lipinski definition) is 2. The summed E-state index contributed by atoms with van der Waals surface area (Å²) >= 11 is 0. The van der Waals surface area contributed by atoms with Crippen LogP contribution in [0.15, 0.2) is 71.8 Å². The van der Waals surface area contributed by atoms with Gasteiger partial charge in [0.05, 0.1) is 16.0 Å². The molecule has 0 radical (unpaired) electrons. The number of amides is 2. The molecule has 0 saturated heterocycles. The van der Waals surface area contributed by atoms with Crippen molar-refractivity contribution in [1.82, 2.24) is 9.29 Å². The van der Waals surface area contributed by atoms with Crippen molar-refractivity contribution in [3.63, 3.8) is 0 Å². The van der Waals surface area contributed by atoms with Crippen LogP contribution in [0.4, 0.5) is 10.5 Å². The summed E-state index contributed by atoms with van der Waals surface area (Å²) in [5.41, 5.74) is -0.883. The monoisotopic (exact) mass is 587 g/mol. The van der Waals surface area contributed by atoms with Crippen LogP contribution in [0.1, 0.15) is 69.1 Å². The second kappa shape index (κ2) is 11.7. The fraction of sp³-hybridized carbons (Fsp3) is 0.290. The van der Waals surface area contributed by atoms with Crippen molar-refractivity contribution in [3.8, 4) is 5.75 Å². The van der Waals surface area contributed by atoms with Crippen LogP contribution in [0.25, 0.3) is 10.9 Å². The smallest absolute Gasteiger partial charge is 0.411 e. The van der Waals surface area contributed by atoms with E-state index >= 15 is 0 Å². The zero-order valence-electron chi connectivity index (χ0n) is 33.6. The van der Waals surface area contributed by atoms with Gasteiger partial charge in [0.1, 0.15) is 11.9 Å². The Hall–Kier alpha value is -4.31. The van der Waals surface area contributed by atoms with E-state index < -0.39 is 78.1 Å². The molecule has 3 aromatic carbocycles. The van der Waals surface area contributed by atoms with Gasteiger partial charge in [0, 0.05) is 54.0 Å². The molecule has 2 amide bonds. The third-order valence-corrected chi connectivity index (χ3v) is 7.83. The van der Waals surface area contributed by atoms with Crippen LogP contribution in [0, 0.1) is 6.92 Å². The van der Waals surface area contributed by atoms with E-state index in [0.29, 0.717) is 5.56 Å². The van der Waals surface area contributed by atoms with Crippen LogP contribution in [0.3, 0.4) is 0 Å². The van der Waals surface area contributed by atoms with Crippen molar-refractivity contribution in [2.45, 2.75) is 49.9 Å². The van der Waals surface area contributed by atoms with Gasteiger partial charge in [-0.05, 0) is 85.6 Å². The van der Waals surface area contributed by atoms with Gasteiger partial charge in [-0.1, -0.05) is 24.3 Å². The first kappa shape index (κ1) is 16.8. The van der Waals surface area contributed by atoms with Crippen LogP contribution in [0.2, 0.25) is 0 Å². The number of rotatable bonds is 8. The van der Waals surface area contributed by atoms with Crippen molar-refractivity contribution >= 4 is 38.6 Å². The van der Waals surface area contributed by atoms with Gasteiger partial charge in [0.25, 0.3) is 15.9 Å². The summed E-state index contributed by atoms with van der Waals surface area (Å²) in [7, 11) is -7.57. The molecule has 10 heteroatoms. The first-order valence-corrected chi connectivity index (χ1v) is 13.8. The molecular formula is C31H33N3O6S. The van der Waals surface area contributed by atoms with Crippen LogP contribution in [0.5, 0.6) is 5.75 Å². The average Bonchev–Trinajstić information content (AvgIpc) is 3.49. The molecule has 0 spiro atoms. The summed E-state index contributed by atoms with van der Waals surface area (Å²) in [5, 5.41) is 2.35. The topological polar surface area (TPSA) is 116 Å². The number of carbonyl (C=O) groups excluding carboxylic acids is 2. The molecule has 0 aliphatic heterocycles. The maximum absolute atomic E-state index is 13.2. The Morgan fingerprint density at radius 2 is 1.90 bits per heavy atom. The number of nitrogens with zero attached hydrogens (tertiary/aromatic N) is 1. The molecule has 5 rings (SSSR count). The molecule has 4 aromatic rings. The molecule has 2 N–H and O–H groups in total. The molecule has 1 aliphatic carbocycles. The highest BCUT2D eigenvalue weighted by atomic mass is 32.2. The molecule has 1 aromatic heterocycles. The summed E-state index contributed by atoms with van der Waals surface area (Å²) in [6.45, 7) is -1.32. The number of sulfonamides is 1. The lowest BCUT2D eigenvalue weighted by molar-refractivity contribution is 0.0980. The van der Waals surface area contributed by atoms with E-state index in [9.17, 15) is 20.7 Å². The zero-order chi connectivity index (χ0) is 39.5. The predicted octanol–water partition coefficient (Wildman–Crippen LogP) is 5.70. The SMILES string of the molecule is [2H]C([2H])([2H])Oc1cc(C(=O)NS(=O)(=O)c2ccccc2C)ccc1C([2H])([2H])c1cn(C([2H])([2H])[2H])c2ccc(NC(=O)OC3CC([2H])([2H])C([2H])([2H])C3)cc12. The number of methoxy groups -OCH3 is 1. The highest BCUT2D eigenvalue weighted by Crippen LogP contribution is 2.30. The lowest BCUT2D eigenvalue weighted by Gasteiger charge is -2.13. The van der Waals surface area contributed by atoms with Crippen molar-refractivity contribution < 1.29 is 43.9 Å². The Morgan fingerprint density at radius 1 is 1.10 bits per heavy atom. The normalized spacial score (nSPS) is 21.5. The van der Waals surface area contributed by atoms with E-state index in [0.717, 1.165) is 29.0 Å². The number of hydrogen-bond acceptors (Lipinski definition) is 6. The second-order valence-electron chi connectivity index (χ2n) is 9.20. The minimum atomic E-state index is -4.39. The lowest BCUT2D eigenvalue weighted by atomic mass is 10.0. The number of ether oxygens (including phenoxy) is 2. The van der Waals surface area contributed by atoms with Crippen molar-refractivity contribution in [2.75, 3.05) is 12.4 Å². The first-order chi connectivity index (χ1) is 24.2. The van der Waals surface area contributed by atoms with Gasteiger partial charge in [-0.2, -0.15) is 0 Å². The quantitative estimate of drug-likeness (QED) is 0.273. The summed E-state index contributed by atoms with van der Waals surface area (Å²) in [6.07, 6.45) is -9.20. The lowest BCUT2D eigenvalue weighted by Crippen LogP contribution is -2.31.